The molecule has 0 unspecified atom stereocenters. The van der Waals surface area contributed by atoms with Crippen LogP contribution in [0.1, 0.15) is 63.7 Å². The fraction of sp³-hybridized carbons (Fsp3) is 0.333. The van der Waals surface area contributed by atoms with Crippen molar-refractivity contribution in [1.29, 1.82) is 0 Å². The van der Waals surface area contributed by atoms with Gasteiger partial charge in [-0.25, -0.2) is 0 Å². The Kier molecular flexibility index (Phi) is 6.41. The Morgan fingerprint density at radius 1 is 1.06 bits per heavy atom. The van der Waals surface area contributed by atoms with Crippen LogP contribution in [0.4, 0.5) is 5.69 Å². The standard InChI is InChI=1S/C24H24BrN3O4/c1-2-3-12-28-23(31)18-11-6-15(14-19(18)24(28)32)22(30)27-13-4-5-20(27)21(29)26-17-9-7-16(25)8-10-17/h6-11,14,20H,2-5,12-13H2,1H3,(H,26,29)/t20-/m0/s1. The van der Waals surface area contributed by atoms with Crippen molar-refractivity contribution >= 4 is 45.2 Å². The molecule has 2 aromatic rings. The molecule has 0 radical (unpaired) electrons. The molecule has 0 bridgehead atoms. The number of nitrogens with zero attached hydrogens (tertiary/aromatic N) is 2. The summed E-state index contributed by atoms with van der Waals surface area (Å²) in [6.07, 6.45) is 2.90. The number of hydrogen-bond donors (Lipinski definition) is 1. The topological polar surface area (TPSA) is 86.8 Å². The Morgan fingerprint density at radius 2 is 1.78 bits per heavy atom. The number of carbonyl (C=O) groups is 4. The number of benzene rings is 2. The van der Waals surface area contributed by atoms with E-state index in [2.05, 4.69) is 21.2 Å². The lowest BCUT2D eigenvalue weighted by Crippen LogP contribution is -2.43. The molecular formula is C24H24BrN3O4. The van der Waals surface area contributed by atoms with E-state index in [4.69, 9.17) is 0 Å². The third kappa shape index (κ3) is 4.19. The van der Waals surface area contributed by atoms with Crippen molar-refractivity contribution in [2.75, 3.05) is 18.4 Å². The van der Waals surface area contributed by atoms with E-state index >= 15 is 0 Å². The monoisotopic (exact) mass is 497 g/mol. The molecule has 0 spiro atoms. The van der Waals surface area contributed by atoms with Crippen molar-refractivity contribution in [2.24, 2.45) is 0 Å². The van der Waals surface area contributed by atoms with Crippen LogP contribution in [-0.4, -0.2) is 52.6 Å². The number of fused-ring (bicyclic) bond motifs is 1. The first-order valence-electron chi connectivity index (χ1n) is 10.8. The number of halogens is 1. The summed E-state index contributed by atoms with van der Waals surface area (Å²) in [6, 6.07) is 11.3. The molecule has 0 aliphatic carbocycles. The fourth-order valence-corrected chi connectivity index (χ4v) is 4.41. The molecule has 7 nitrogen and oxygen atoms in total. The lowest BCUT2D eigenvalue weighted by Gasteiger charge is -2.24. The summed E-state index contributed by atoms with van der Waals surface area (Å²) in [6.45, 7) is 2.83. The first-order valence-corrected chi connectivity index (χ1v) is 11.6. The Labute approximate surface area is 194 Å². The highest BCUT2D eigenvalue weighted by Crippen LogP contribution is 2.27. The van der Waals surface area contributed by atoms with Gasteiger partial charge in [0.15, 0.2) is 0 Å². The zero-order chi connectivity index (χ0) is 22.8. The Bertz CT molecular complexity index is 1080. The van der Waals surface area contributed by atoms with Gasteiger partial charge in [-0.05, 0) is 61.7 Å². The van der Waals surface area contributed by atoms with Gasteiger partial charge in [0.25, 0.3) is 17.7 Å². The Hall–Kier alpha value is -3.00. The minimum Gasteiger partial charge on any atom is -0.327 e. The molecule has 8 heteroatoms. The lowest BCUT2D eigenvalue weighted by atomic mass is 10.0. The van der Waals surface area contributed by atoms with Gasteiger partial charge < -0.3 is 10.2 Å². The highest BCUT2D eigenvalue weighted by molar-refractivity contribution is 9.10. The van der Waals surface area contributed by atoms with Crippen LogP contribution in [-0.2, 0) is 4.79 Å². The molecular weight excluding hydrogens is 474 g/mol. The summed E-state index contributed by atoms with van der Waals surface area (Å²) in [5.74, 6) is -1.23. The summed E-state index contributed by atoms with van der Waals surface area (Å²) in [5, 5.41) is 2.87. The number of unbranched alkanes of at least 4 members (excludes halogenated alkanes) is 1. The summed E-state index contributed by atoms with van der Waals surface area (Å²) in [7, 11) is 0. The molecule has 1 atom stereocenters. The lowest BCUT2D eigenvalue weighted by molar-refractivity contribution is -0.119. The molecule has 4 rings (SSSR count). The van der Waals surface area contributed by atoms with Gasteiger partial charge in [0.1, 0.15) is 6.04 Å². The molecule has 2 heterocycles. The van der Waals surface area contributed by atoms with Gasteiger partial charge in [-0.3, -0.25) is 24.1 Å². The van der Waals surface area contributed by atoms with Crippen molar-refractivity contribution in [1.82, 2.24) is 9.80 Å². The molecule has 0 saturated carbocycles. The van der Waals surface area contributed by atoms with E-state index in [1.54, 1.807) is 29.2 Å². The number of likely N-dealkylation sites (tertiary alicyclic amines) is 1. The zero-order valence-corrected chi connectivity index (χ0v) is 19.4. The largest absolute Gasteiger partial charge is 0.327 e. The Balaban J connectivity index is 1.51. The molecule has 1 saturated heterocycles. The number of rotatable bonds is 6. The first kappa shape index (κ1) is 22.2. The molecule has 1 fully saturated rings. The second-order valence-electron chi connectivity index (χ2n) is 8.03. The highest BCUT2D eigenvalue weighted by atomic mass is 79.9. The average Bonchev–Trinajstić information content (AvgIpc) is 3.37. The molecule has 4 amide bonds. The fourth-order valence-electron chi connectivity index (χ4n) is 4.15. The normalized spacial score (nSPS) is 17.6. The van der Waals surface area contributed by atoms with Gasteiger partial charge >= 0.3 is 0 Å². The van der Waals surface area contributed by atoms with Crippen molar-refractivity contribution < 1.29 is 19.2 Å². The van der Waals surface area contributed by atoms with E-state index in [9.17, 15) is 19.2 Å². The van der Waals surface area contributed by atoms with Crippen molar-refractivity contribution in [2.45, 2.75) is 38.6 Å². The molecule has 1 N–H and O–H groups in total. The predicted octanol–water partition coefficient (Wildman–Crippen LogP) is 4.09. The van der Waals surface area contributed by atoms with E-state index < -0.39 is 6.04 Å². The van der Waals surface area contributed by atoms with Gasteiger partial charge in [-0.2, -0.15) is 0 Å². The maximum atomic E-state index is 13.2. The minimum absolute atomic E-state index is 0.240. The second kappa shape index (κ2) is 9.24. The maximum Gasteiger partial charge on any atom is 0.261 e. The van der Waals surface area contributed by atoms with Crippen LogP contribution in [0, 0.1) is 0 Å². The summed E-state index contributed by atoms with van der Waals surface area (Å²) in [4.78, 5) is 54.1. The van der Waals surface area contributed by atoms with Crippen LogP contribution in [0.5, 0.6) is 0 Å². The molecule has 2 aromatic carbocycles. The summed E-state index contributed by atoms with van der Waals surface area (Å²) < 4.78 is 0.908. The van der Waals surface area contributed by atoms with Gasteiger partial charge in [0.2, 0.25) is 5.91 Å². The molecule has 2 aliphatic heterocycles. The molecule has 32 heavy (non-hydrogen) atoms. The van der Waals surface area contributed by atoms with Crippen LogP contribution in [0.2, 0.25) is 0 Å². The summed E-state index contributed by atoms with van der Waals surface area (Å²) >= 11 is 3.36. The maximum absolute atomic E-state index is 13.2. The van der Waals surface area contributed by atoms with Crippen LogP contribution >= 0.6 is 15.9 Å². The number of imide groups is 1. The third-order valence-electron chi connectivity index (χ3n) is 5.88. The number of anilines is 1. The number of amides is 4. The van der Waals surface area contributed by atoms with Crippen LogP contribution in [0.15, 0.2) is 46.9 Å². The minimum atomic E-state index is -0.585. The van der Waals surface area contributed by atoms with Gasteiger partial charge in [0.05, 0.1) is 11.1 Å². The van der Waals surface area contributed by atoms with Crippen molar-refractivity contribution in [3.05, 3.63) is 63.6 Å². The highest BCUT2D eigenvalue weighted by Gasteiger charge is 2.38. The van der Waals surface area contributed by atoms with Crippen LogP contribution < -0.4 is 5.32 Å². The molecule has 0 aromatic heterocycles. The van der Waals surface area contributed by atoms with Crippen LogP contribution in [0.25, 0.3) is 0 Å². The quantitative estimate of drug-likeness (QED) is 0.608. The van der Waals surface area contributed by atoms with E-state index in [0.29, 0.717) is 36.3 Å². The molecule has 166 valence electrons. The SMILES string of the molecule is CCCCN1C(=O)c2ccc(C(=O)N3CCC[C@H]3C(=O)Nc3ccc(Br)cc3)cc2C1=O. The summed E-state index contributed by atoms with van der Waals surface area (Å²) in [5.41, 5.74) is 1.55. The van der Waals surface area contributed by atoms with Crippen molar-refractivity contribution in [3.63, 3.8) is 0 Å². The van der Waals surface area contributed by atoms with E-state index in [1.165, 1.54) is 11.0 Å². The first-order chi connectivity index (χ1) is 15.4. The number of hydrogen-bond acceptors (Lipinski definition) is 4. The van der Waals surface area contributed by atoms with E-state index in [0.717, 1.165) is 23.7 Å². The van der Waals surface area contributed by atoms with E-state index in [-0.39, 0.29) is 29.2 Å². The Morgan fingerprint density at radius 3 is 2.50 bits per heavy atom. The van der Waals surface area contributed by atoms with Crippen molar-refractivity contribution in [3.8, 4) is 0 Å². The average molecular weight is 498 g/mol. The molecule has 2 aliphatic rings. The number of nitrogens with one attached hydrogen (secondary N) is 1. The van der Waals surface area contributed by atoms with Gasteiger partial charge in [-0.15, -0.1) is 0 Å². The van der Waals surface area contributed by atoms with Crippen LogP contribution in [0.3, 0.4) is 0 Å². The van der Waals surface area contributed by atoms with E-state index in [1.807, 2.05) is 19.1 Å². The van der Waals surface area contributed by atoms with Gasteiger partial charge in [-0.1, -0.05) is 29.3 Å². The zero-order valence-electron chi connectivity index (χ0n) is 17.8. The third-order valence-corrected chi connectivity index (χ3v) is 6.41. The second-order valence-corrected chi connectivity index (χ2v) is 8.94. The number of carbonyl (C=O) groups excluding carboxylic acids is 4. The van der Waals surface area contributed by atoms with Gasteiger partial charge in [0, 0.05) is 28.8 Å². The smallest absolute Gasteiger partial charge is 0.261 e. The predicted molar refractivity (Wildman–Crippen MR) is 124 cm³/mol.